The second-order valence-electron chi connectivity index (χ2n) is 7.94. The standard InChI is InChI=1S/C28H20/c1-2-4-25-22(3-1)13-14-24-17-19-5-9-21(24)10-6-20-8-12-23(11-7-19)28(18-20)27-16-15-26(25)27/h1-5,8-9,12,15-18H,6-7,10-11H2. The zero-order valence-corrected chi connectivity index (χ0v) is 15.8. The largest absolute Gasteiger partial charge is 0.0616 e. The summed E-state index contributed by atoms with van der Waals surface area (Å²) in [6, 6.07) is 22.6. The second-order valence-corrected chi connectivity index (χ2v) is 7.94. The highest BCUT2D eigenvalue weighted by molar-refractivity contribution is 6.08. The number of hydrogen-bond acceptors (Lipinski definition) is 0. The predicted molar refractivity (Wildman–Crippen MR) is 116 cm³/mol. The molecule has 0 aliphatic heterocycles. The van der Waals surface area contributed by atoms with E-state index in [2.05, 4.69) is 84.7 Å². The topological polar surface area (TPSA) is 0 Å². The van der Waals surface area contributed by atoms with E-state index in [1.165, 1.54) is 50.1 Å². The molecule has 0 N–H and O–H groups in total. The van der Waals surface area contributed by atoms with Crippen molar-refractivity contribution in [1.29, 1.82) is 0 Å². The summed E-state index contributed by atoms with van der Waals surface area (Å²) in [5, 5.41) is 0. The maximum absolute atomic E-state index is 3.53. The molecule has 132 valence electrons. The quantitative estimate of drug-likeness (QED) is 0.449. The third-order valence-corrected chi connectivity index (χ3v) is 6.26. The maximum Gasteiger partial charge on any atom is 0.0327 e. The van der Waals surface area contributed by atoms with Crippen molar-refractivity contribution < 1.29 is 0 Å². The van der Waals surface area contributed by atoms with Gasteiger partial charge in [-0.25, -0.2) is 0 Å². The van der Waals surface area contributed by atoms with Crippen LogP contribution in [0, 0.1) is 11.8 Å². The van der Waals surface area contributed by atoms with Crippen LogP contribution in [0.15, 0.2) is 72.8 Å². The highest BCUT2D eigenvalue weighted by Gasteiger charge is 2.20. The predicted octanol–water partition coefficient (Wildman–Crippen LogP) is 5.76. The van der Waals surface area contributed by atoms with E-state index < -0.39 is 0 Å². The molecule has 0 spiro atoms. The van der Waals surface area contributed by atoms with Crippen LogP contribution in [0.4, 0.5) is 0 Å². The summed E-state index contributed by atoms with van der Waals surface area (Å²) in [6.45, 7) is 0. The van der Waals surface area contributed by atoms with Crippen LogP contribution in [0.1, 0.15) is 44.5 Å². The first-order valence-corrected chi connectivity index (χ1v) is 10.1. The molecule has 3 aromatic carbocycles. The van der Waals surface area contributed by atoms with Crippen LogP contribution >= 0.6 is 0 Å². The summed E-state index contributed by atoms with van der Waals surface area (Å²) in [5.41, 5.74) is 13.3. The molecular formula is C28H20. The van der Waals surface area contributed by atoms with Crippen molar-refractivity contribution in [2.24, 2.45) is 0 Å². The maximum atomic E-state index is 3.53. The third-order valence-electron chi connectivity index (χ3n) is 6.26. The van der Waals surface area contributed by atoms with E-state index in [-0.39, 0.29) is 0 Å². The average molecular weight is 356 g/mol. The number of rotatable bonds is 0. The summed E-state index contributed by atoms with van der Waals surface area (Å²) in [6.07, 6.45) is 8.73. The van der Waals surface area contributed by atoms with Crippen LogP contribution in [0.25, 0.3) is 11.1 Å². The van der Waals surface area contributed by atoms with Gasteiger partial charge in [-0.15, -0.1) is 0 Å². The highest BCUT2D eigenvalue weighted by atomic mass is 14.2. The monoisotopic (exact) mass is 356 g/mol. The van der Waals surface area contributed by atoms with Gasteiger partial charge in [0.15, 0.2) is 0 Å². The van der Waals surface area contributed by atoms with Crippen LogP contribution in [-0.4, -0.2) is 0 Å². The van der Waals surface area contributed by atoms with Crippen LogP contribution in [0.3, 0.4) is 0 Å². The SMILES string of the molecule is C1#Cc2ccccc2C2=C(C=C2)c2cc3ccc2CCc2ccc(c1c2)CC3. The normalized spacial score (nSPS) is 15.7. The molecule has 0 radical (unpaired) electrons. The van der Waals surface area contributed by atoms with E-state index in [1.54, 1.807) is 0 Å². The molecule has 0 fully saturated rings. The number of benzene rings is 3. The van der Waals surface area contributed by atoms with Gasteiger partial charge in [0.05, 0.1) is 0 Å². The Bertz CT molecular complexity index is 1250. The molecule has 0 saturated carbocycles. The lowest BCUT2D eigenvalue weighted by Crippen LogP contribution is -2.05. The van der Waals surface area contributed by atoms with Crippen molar-refractivity contribution >= 4 is 11.1 Å². The van der Waals surface area contributed by atoms with Gasteiger partial charge < -0.3 is 0 Å². The van der Waals surface area contributed by atoms with Gasteiger partial charge >= 0.3 is 0 Å². The van der Waals surface area contributed by atoms with Crippen molar-refractivity contribution in [3.8, 4) is 11.8 Å². The first-order valence-electron chi connectivity index (χ1n) is 10.1. The first-order chi connectivity index (χ1) is 13.8. The fourth-order valence-electron chi connectivity index (χ4n) is 4.60. The molecule has 7 aliphatic carbocycles. The molecule has 0 heteroatoms. The summed E-state index contributed by atoms with van der Waals surface area (Å²) in [4.78, 5) is 0. The Hall–Kier alpha value is -3.30. The van der Waals surface area contributed by atoms with Crippen LogP contribution < -0.4 is 0 Å². The van der Waals surface area contributed by atoms with Gasteiger partial charge in [-0.3, -0.25) is 0 Å². The summed E-state index contributed by atoms with van der Waals surface area (Å²) in [5.74, 6) is 7.03. The van der Waals surface area contributed by atoms with Crippen LogP contribution in [0.2, 0.25) is 0 Å². The van der Waals surface area contributed by atoms with E-state index in [0.717, 1.165) is 31.2 Å². The Morgan fingerprint density at radius 2 is 1.21 bits per heavy atom. The molecule has 0 saturated heterocycles. The van der Waals surface area contributed by atoms with E-state index in [1.807, 2.05) is 0 Å². The number of allylic oxidation sites excluding steroid dienone is 4. The zero-order chi connectivity index (χ0) is 18.5. The molecule has 7 aliphatic rings. The molecule has 0 aromatic heterocycles. The molecule has 6 bridgehead atoms. The minimum Gasteiger partial charge on any atom is -0.0616 e. The van der Waals surface area contributed by atoms with Crippen molar-refractivity contribution in [1.82, 2.24) is 0 Å². The Balaban J connectivity index is 1.71. The lowest BCUT2D eigenvalue weighted by Gasteiger charge is -2.22. The highest BCUT2D eigenvalue weighted by Crippen LogP contribution is 2.39. The van der Waals surface area contributed by atoms with Crippen molar-refractivity contribution in [3.05, 3.63) is 117 Å². The Morgan fingerprint density at radius 1 is 0.536 bits per heavy atom. The minimum absolute atomic E-state index is 1.03. The third kappa shape index (κ3) is 2.48. The summed E-state index contributed by atoms with van der Waals surface area (Å²) < 4.78 is 0. The van der Waals surface area contributed by atoms with Gasteiger partial charge in [0, 0.05) is 11.1 Å². The van der Waals surface area contributed by atoms with Gasteiger partial charge in [0.1, 0.15) is 0 Å². The molecule has 28 heavy (non-hydrogen) atoms. The van der Waals surface area contributed by atoms with Gasteiger partial charge in [-0.05, 0) is 82.3 Å². The molecule has 0 heterocycles. The van der Waals surface area contributed by atoms with Crippen molar-refractivity contribution in [2.45, 2.75) is 25.7 Å². The van der Waals surface area contributed by atoms with Gasteiger partial charge in [-0.1, -0.05) is 72.5 Å². The molecule has 0 nitrogen and oxygen atoms in total. The van der Waals surface area contributed by atoms with Crippen LogP contribution in [0.5, 0.6) is 0 Å². The first kappa shape index (κ1) is 15.7. The Kier molecular flexibility index (Phi) is 3.43. The lowest BCUT2D eigenvalue weighted by atomic mass is 9.82. The Morgan fingerprint density at radius 3 is 2.07 bits per heavy atom. The molecule has 3 aromatic rings. The molecule has 0 unspecified atom stereocenters. The smallest absolute Gasteiger partial charge is 0.0327 e. The molecule has 10 rings (SSSR count). The molecular weight excluding hydrogens is 336 g/mol. The van der Waals surface area contributed by atoms with Gasteiger partial charge in [0.2, 0.25) is 0 Å². The number of hydrogen-bond donors (Lipinski definition) is 0. The van der Waals surface area contributed by atoms with Crippen LogP contribution in [-0.2, 0) is 25.7 Å². The summed E-state index contributed by atoms with van der Waals surface area (Å²) >= 11 is 0. The minimum atomic E-state index is 1.03. The molecule has 0 atom stereocenters. The summed E-state index contributed by atoms with van der Waals surface area (Å²) in [7, 11) is 0. The second kappa shape index (κ2) is 6.11. The fraction of sp³-hybridized carbons (Fsp3) is 0.143. The van der Waals surface area contributed by atoms with E-state index >= 15 is 0 Å². The van der Waals surface area contributed by atoms with Gasteiger partial charge in [-0.2, -0.15) is 0 Å². The van der Waals surface area contributed by atoms with Crippen molar-refractivity contribution in [2.75, 3.05) is 0 Å². The van der Waals surface area contributed by atoms with E-state index in [4.69, 9.17) is 0 Å². The van der Waals surface area contributed by atoms with Crippen molar-refractivity contribution in [3.63, 3.8) is 0 Å². The fourth-order valence-corrected chi connectivity index (χ4v) is 4.60. The zero-order valence-electron chi connectivity index (χ0n) is 15.8. The molecule has 0 amide bonds. The lowest BCUT2D eigenvalue weighted by molar-refractivity contribution is 0.915. The van der Waals surface area contributed by atoms with E-state index in [9.17, 15) is 0 Å². The van der Waals surface area contributed by atoms with Gasteiger partial charge in [0.25, 0.3) is 0 Å². The Labute approximate surface area is 166 Å². The number of aryl methyl sites for hydroxylation is 4. The van der Waals surface area contributed by atoms with E-state index in [0.29, 0.717) is 0 Å². The average Bonchev–Trinajstić information content (AvgIpc) is 2.69.